The van der Waals surface area contributed by atoms with Gasteiger partial charge in [0.15, 0.2) is 17.8 Å². The fourth-order valence-electron chi connectivity index (χ4n) is 2.72. The van der Waals surface area contributed by atoms with E-state index in [4.69, 9.17) is 30.5 Å². The van der Waals surface area contributed by atoms with E-state index in [9.17, 15) is 0 Å². The number of rotatable bonds is 8. The Morgan fingerprint density at radius 3 is 2.80 bits per heavy atom. The van der Waals surface area contributed by atoms with Crippen LogP contribution in [0, 0.1) is 0 Å². The predicted octanol–water partition coefficient (Wildman–Crippen LogP) is 4.14. The minimum absolute atomic E-state index is 0.233. The Morgan fingerprint density at radius 1 is 1.28 bits per heavy atom. The van der Waals surface area contributed by atoms with Crippen molar-refractivity contribution < 1.29 is 18.9 Å². The highest BCUT2D eigenvalue weighted by Crippen LogP contribution is 2.36. The van der Waals surface area contributed by atoms with Crippen LogP contribution in [0.2, 0.25) is 5.02 Å². The quantitative estimate of drug-likeness (QED) is 0.742. The van der Waals surface area contributed by atoms with E-state index >= 15 is 0 Å². The van der Waals surface area contributed by atoms with E-state index in [-0.39, 0.29) is 6.29 Å². The molecule has 1 fully saturated rings. The Kier molecular flexibility index (Phi) is 6.56. The molecule has 1 saturated heterocycles. The monoisotopic (exact) mass is 383 g/mol. The van der Waals surface area contributed by atoms with Crippen molar-refractivity contribution in [1.82, 2.24) is 5.32 Å². The summed E-state index contributed by atoms with van der Waals surface area (Å²) in [6, 6.07) is 5.91. The van der Waals surface area contributed by atoms with Gasteiger partial charge in [-0.3, -0.25) is 0 Å². The van der Waals surface area contributed by atoms with Crippen LogP contribution < -0.4 is 14.8 Å². The predicted molar refractivity (Wildman–Crippen MR) is 98.7 cm³/mol. The molecule has 0 amide bonds. The zero-order valence-electron chi connectivity index (χ0n) is 14.3. The van der Waals surface area contributed by atoms with E-state index in [1.54, 1.807) is 18.4 Å². The van der Waals surface area contributed by atoms with E-state index in [2.05, 4.69) is 16.8 Å². The van der Waals surface area contributed by atoms with Gasteiger partial charge in [-0.2, -0.15) is 0 Å². The summed E-state index contributed by atoms with van der Waals surface area (Å²) in [6.45, 7) is 5.17. The van der Waals surface area contributed by atoms with Crippen LogP contribution in [0.5, 0.6) is 11.5 Å². The summed E-state index contributed by atoms with van der Waals surface area (Å²) in [5, 5.41) is 6.06. The first-order chi connectivity index (χ1) is 12.2. The fourth-order valence-corrected chi connectivity index (χ4v) is 3.87. The van der Waals surface area contributed by atoms with Crippen molar-refractivity contribution in [2.75, 3.05) is 26.9 Å². The molecule has 1 aliphatic heterocycles. The highest BCUT2D eigenvalue weighted by atomic mass is 35.5. The fraction of sp³-hybridized carbons (Fsp3) is 0.444. The largest absolute Gasteiger partial charge is 0.493 e. The first-order valence-corrected chi connectivity index (χ1v) is 9.48. The van der Waals surface area contributed by atoms with Crippen molar-refractivity contribution in [1.29, 1.82) is 0 Å². The molecule has 1 N–H and O–H groups in total. The Balaban J connectivity index is 1.63. The van der Waals surface area contributed by atoms with Crippen LogP contribution in [0.1, 0.15) is 29.2 Å². The molecule has 5 nitrogen and oxygen atoms in total. The van der Waals surface area contributed by atoms with Crippen molar-refractivity contribution in [2.45, 2.75) is 26.3 Å². The SMILES string of the molecule is CCOc1c(Cl)cc(CNCc2sccc2C2OCCO2)cc1OC. The third kappa shape index (κ3) is 4.46. The lowest BCUT2D eigenvalue weighted by Gasteiger charge is -2.14. The van der Waals surface area contributed by atoms with Crippen LogP contribution in [-0.2, 0) is 22.6 Å². The summed E-state index contributed by atoms with van der Waals surface area (Å²) in [6.07, 6.45) is -0.233. The molecule has 136 valence electrons. The van der Waals surface area contributed by atoms with E-state index in [0.29, 0.717) is 42.9 Å². The molecule has 1 aliphatic rings. The molecule has 3 rings (SSSR count). The normalized spacial score (nSPS) is 14.8. The van der Waals surface area contributed by atoms with Gasteiger partial charge in [0.05, 0.1) is 32.0 Å². The molecule has 0 bridgehead atoms. The first-order valence-electron chi connectivity index (χ1n) is 8.22. The molecular weight excluding hydrogens is 362 g/mol. The Morgan fingerprint density at radius 2 is 2.08 bits per heavy atom. The number of ether oxygens (including phenoxy) is 4. The van der Waals surface area contributed by atoms with Crippen molar-refractivity contribution in [2.24, 2.45) is 0 Å². The van der Waals surface area contributed by atoms with Gasteiger partial charge in [-0.15, -0.1) is 11.3 Å². The zero-order chi connectivity index (χ0) is 17.6. The molecule has 0 aliphatic carbocycles. The molecule has 0 atom stereocenters. The minimum Gasteiger partial charge on any atom is -0.493 e. The number of hydrogen-bond donors (Lipinski definition) is 1. The molecular formula is C18H22ClNO4S. The van der Waals surface area contributed by atoms with Crippen LogP contribution >= 0.6 is 22.9 Å². The number of thiophene rings is 1. The van der Waals surface area contributed by atoms with Crippen molar-refractivity contribution in [3.8, 4) is 11.5 Å². The average molecular weight is 384 g/mol. The van der Waals surface area contributed by atoms with E-state index in [1.165, 1.54) is 4.88 Å². The Hall–Kier alpha value is -1.31. The third-order valence-electron chi connectivity index (χ3n) is 3.85. The van der Waals surface area contributed by atoms with Crippen LogP contribution in [0.15, 0.2) is 23.6 Å². The molecule has 7 heteroatoms. The van der Waals surface area contributed by atoms with Gasteiger partial charge in [-0.05, 0) is 36.1 Å². The standard InChI is InChI=1S/C18H22ClNO4S/c1-3-22-17-14(19)8-12(9-15(17)21-2)10-20-11-16-13(4-7-25-16)18-23-5-6-24-18/h4,7-9,18,20H,3,5-6,10-11H2,1-2H3. The van der Waals surface area contributed by atoms with Crippen LogP contribution in [-0.4, -0.2) is 26.9 Å². The van der Waals surface area contributed by atoms with Gasteiger partial charge < -0.3 is 24.3 Å². The molecule has 0 unspecified atom stereocenters. The van der Waals surface area contributed by atoms with Gasteiger partial charge in [0.25, 0.3) is 0 Å². The molecule has 2 heterocycles. The zero-order valence-corrected chi connectivity index (χ0v) is 15.9. The number of hydrogen-bond acceptors (Lipinski definition) is 6. The minimum atomic E-state index is -0.233. The first kappa shape index (κ1) is 18.5. The number of benzene rings is 1. The topological polar surface area (TPSA) is 49.0 Å². The maximum atomic E-state index is 6.32. The summed E-state index contributed by atoms with van der Waals surface area (Å²) < 4.78 is 22.1. The Bertz CT molecular complexity index is 700. The molecule has 0 saturated carbocycles. The van der Waals surface area contributed by atoms with Gasteiger partial charge >= 0.3 is 0 Å². The van der Waals surface area contributed by atoms with Gasteiger partial charge in [0.2, 0.25) is 0 Å². The van der Waals surface area contributed by atoms with Gasteiger partial charge in [0, 0.05) is 23.5 Å². The van der Waals surface area contributed by atoms with Crippen LogP contribution in [0.25, 0.3) is 0 Å². The van der Waals surface area contributed by atoms with Gasteiger partial charge in [0.1, 0.15) is 0 Å². The number of nitrogens with one attached hydrogen (secondary N) is 1. The molecule has 1 aromatic heterocycles. The van der Waals surface area contributed by atoms with Crippen molar-refractivity contribution >= 4 is 22.9 Å². The van der Waals surface area contributed by atoms with Crippen molar-refractivity contribution in [3.05, 3.63) is 44.6 Å². The van der Waals surface area contributed by atoms with E-state index in [0.717, 1.165) is 17.7 Å². The molecule has 1 aromatic carbocycles. The second-order valence-electron chi connectivity index (χ2n) is 5.52. The number of methoxy groups -OCH3 is 1. The summed E-state index contributed by atoms with van der Waals surface area (Å²) in [5.41, 5.74) is 2.15. The summed E-state index contributed by atoms with van der Waals surface area (Å²) >= 11 is 8.02. The summed E-state index contributed by atoms with van der Waals surface area (Å²) in [5.74, 6) is 1.24. The lowest BCUT2D eigenvalue weighted by Crippen LogP contribution is -2.14. The molecule has 0 radical (unpaired) electrons. The highest BCUT2D eigenvalue weighted by molar-refractivity contribution is 7.10. The second-order valence-corrected chi connectivity index (χ2v) is 6.93. The maximum Gasteiger partial charge on any atom is 0.185 e. The van der Waals surface area contributed by atoms with Gasteiger partial charge in [-0.1, -0.05) is 11.6 Å². The number of halogens is 1. The van der Waals surface area contributed by atoms with Gasteiger partial charge in [-0.25, -0.2) is 0 Å². The lowest BCUT2D eigenvalue weighted by molar-refractivity contribution is -0.0444. The van der Waals surface area contributed by atoms with Crippen LogP contribution in [0.4, 0.5) is 0 Å². The van der Waals surface area contributed by atoms with Crippen LogP contribution in [0.3, 0.4) is 0 Å². The molecule has 2 aromatic rings. The lowest BCUT2D eigenvalue weighted by atomic mass is 10.2. The average Bonchev–Trinajstić information content (AvgIpc) is 3.28. The smallest absolute Gasteiger partial charge is 0.185 e. The highest BCUT2D eigenvalue weighted by Gasteiger charge is 2.22. The van der Waals surface area contributed by atoms with E-state index in [1.807, 2.05) is 19.1 Å². The van der Waals surface area contributed by atoms with Crippen molar-refractivity contribution in [3.63, 3.8) is 0 Å². The Labute approximate surface area is 156 Å². The molecule has 0 spiro atoms. The summed E-state index contributed by atoms with van der Waals surface area (Å²) in [7, 11) is 1.62. The maximum absolute atomic E-state index is 6.32. The third-order valence-corrected chi connectivity index (χ3v) is 5.07. The second kappa shape index (κ2) is 8.87. The summed E-state index contributed by atoms with van der Waals surface area (Å²) in [4.78, 5) is 1.22. The van der Waals surface area contributed by atoms with E-state index < -0.39 is 0 Å². The molecule has 25 heavy (non-hydrogen) atoms.